The fraction of sp³-hybridized carbons (Fsp3) is 0.923. The van der Waals surface area contributed by atoms with Gasteiger partial charge in [0.25, 0.3) is 0 Å². The molecule has 0 saturated carbocycles. The van der Waals surface area contributed by atoms with E-state index in [0.717, 1.165) is 26.1 Å². The van der Waals surface area contributed by atoms with Crippen molar-refractivity contribution < 1.29 is 9.53 Å². The molecule has 0 unspecified atom stereocenters. The Morgan fingerprint density at radius 3 is 2.29 bits per heavy atom. The van der Waals surface area contributed by atoms with Crippen molar-refractivity contribution in [2.75, 3.05) is 19.8 Å². The Morgan fingerprint density at radius 1 is 1.29 bits per heavy atom. The van der Waals surface area contributed by atoms with E-state index in [4.69, 9.17) is 10.5 Å². The van der Waals surface area contributed by atoms with Crippen molar-refractivity contribution in [3.05, 3.63) is 0 Å². The van der Waals surface area contributed by atoms with Crippen molar-refractivity contribution in [3.8, 4) is 0 Å². The number of hydrogen-bond donors (Lipinski definition) is 2. The molecule has 0 spiro atoms. The molecule has 0 aromatic rings. The van der Waals surface area contributed by atoms with Gasteiger partial charge < -0.3 is 15.8 Å². The van der Waals surface area contributed by atoms with Crippen LogP contribution < -0.4 is 11.1 Å². The van der Waals surface area contributed by atoms with E-state index in [-0.39, 0.29) is 11.3 Å². The Balaban J connectivity index is 2.46. The summed E-state index contributed by atoms with van der Waals surface area (Å²) in [6.45, 7) is 10.2. The zero-order chi connectivity index (χ0) is 13.1. The molecule has 0 radical (unpaired) electrons. The molecule has 1 aliphatic heterocycles. The van der Waals surface area contributed by atoms with E-state index in [1.54, 1.807) is 13.8 Å². The lowest BCUT2D eigenvalue weighted by Gasteiger charge is -2.37. The fourth-order valence-corrected chi connectivity index (χ4v) is 2.16. The highest BCUT2D eigenvalue weighted by Crippen LogP contribution is 2.33. The average Bonchev–Trinajstić information content (AvgIpc) is 2.26. The molecule has 100 valence electrons. The summed E-state index contributed by atoms with van der Waals surface area (Å²) in [5, 5.41) is 2.96. The highest BCUT2D eigenvalue weighted by atomic mass is 16.5. The first-order valence-corrected chi connectivity index (χ1v) is 6.38. The summed E-state index contributed by atoms with van der Waals surface area (Å²) in [6.07, 6.45) is 2.16. The first-order valence-electron chi connectivity index (χ1n) is 6.38. The Kier molecular flexibility index (Phi) is 4.55. The first kappa shape index (κ1) is 14.5. The lowest BCUT2D eigenvalue weighted by molar-refractivity contribution is -0.126. The van der Waals surface area contributed by atoms with Crippen molar-refractivity contribution in [3.63, 3.8) is 0 Å². The van der Waals surface area contributed by atoms with Crippen LogP contribution in [0.5, 0.6) is 0 Å². The Labute approximate surface area is 104 Å². The summed E-state index contributed by atoms with van der Waals surface area (Å²) in [7, 11) is 0. The number of carbonyl (C=O) groups is 1. The number of ether oxygens (including phenoxy) is 1. The highest BCUT2D eigenvalue weighted by molar-refractivity contribution is 5.85. The SMILES string of the molecule is CC(C)(N)C(=O)NCC(C)(C)C1CCOCC1. The normalized spacial score (nSPS) is 19.1. The molecule has 4 nitrogen and oxygen atoms in total. The van der Waals surface area contributed by atoms with Crippen LogP contribution in [-0.4, -0.2) is 31.2 Å². The van der Waals surface area contributed by atoms with Crippen LogP contribution in [0.25, 0.3) is 0 Å². The lowest BCUT2D eigenvalue weighted by Crippen LogP contribution is -2.52. The molecular formula is C13H26N2O2. The maximum Gasteiger partial charge on any atom is 0.239 e. The van der Waals surface area contributed by atoms with Crippen molar-refractivity contribution in [2.24, 2.45) is 17.1 Å². The Bertz CT molecular complexity index is 263. The largest absolute Gasteiger partial charge is 0.381 e. The van der Waals surface area contributed by atoms with E-state index in [0.29, 0.717) is 12.5 Å². The van der Waals surface area contributed by atoms with Gasteiger partial charge in [0.2, 0.25) is 5.91 Å². The predicted octanol–water partition coefficient (Wildman–Crippen LogP) is 1.29. The van der Waals surface area contributed by atoms with Gasteiger partial charge in [-0.2, -0.15) is 0 Å². The maximum atomic E-state index is 11.7. The summed E-state index contributed by atoms with van der Waals surface area (Å²) in [4.78, 5) is 11.7. The Hall–Kier alpha value is -0.610. The average molecular weight is 242 g/mol. The molecule has 1 saturated heterocycles. The summed E-state index contributed by atoms with van der Waals surface area (Å²) in [5.41, 5.74) is 5.06. The summed E-state index contributed by atoms with van der Waals surface area (Å²) < 4.78 is 5.37. The zero-order valence-corrected chi connectivity index (χ0v) is 11.5. The number of amides is 1. The van der Waals surface area contributed by atoms with E-state index >= 15 is 0 Å². The molecule has 0 aliphatic carbocycles. The molecule has 0 atom stereocenters. The molecule has 0 aromatic heterocycles. The van der Waals surface area contributed by atoms with E-state index in [1.165, 1.54) is 0 Å². The molecule has 17 heavy (non-hydrogen) atoms. The van der Waals surface area contributed by atoms with Crippen LogP contribution >= 0.6 is 0 Å². The monoisotopic (exact) mass is 242 g/mol. The number of hydrogen-bond acceptors (Lipinski definition) is 3. The van der Waals surface area contributed by atoms with Gasteiger partial charge in [0.15, 0.2) is 0 Å². The number of rotatable bonds is 4. The molecule has 1 heterocycles. The number of carbonyl (C=O) groups excluding carboxylic acids is 1. The number of nitrogens with one attached hydrogen (secondary N) is 1. The van der Waals surface area contributed by atoms with Crippen LogP contribution in [0.1, 0.15) is 40.5 Å². The third-order valence-corrected chi connectivity index (χ3v) is 3.62. The van der Waals surface area contributed by atoms with E-state index in [9.17, 15) is 4.79 Å². The van der Waals surface area contributed by atoms with E-state index in [2.05, 4.69) is 19.2 Å². The van der Waals surface area contributed by atoms with Gasteiger partial charge in [0, 0.05) is 19.8 Å². The fourth-order valence-electron chi connectivity index (χ4n) is 2.16. The topological polar surface area (TPSA) is 64.4 Å². The minimum Gasteiger partial charge on any atom is -0.381 e. The van der Waals surface area contributed by atoms with Crippen molar-refractivity contribution in [1.82, 2.24) is 5.32 Å². The minimum atomic E-state index is -0.800. The summed E-state index contributed by atoms with van der Waals surface area (Å²) in [6, 6.07) is 0. The first-order chi connectivity index (χ1) is 7.73. The molecule has 4 heteroatoms. The third-order valence-electron chi connectivity index (χ3n) is 3.62. The molecule has 0 aromatic carbocycles. The van der Waals surface area contributed by atoms with Crippen LogP contribution in [0.3, 0.4) is 0 Å². The van der Waals surface area contributed by atoms with Crippen LogP contribution in [0, 0.1) is 11.3 Å². The van der Waals surface area contributed by atoms with Crippen LogP contribution in [0.2, 0.25) is 0 Å². The molecule has 1 rings (SSSR count). The summed E-state index contributed by atoms with van der Waals surface area (Å²) in [5.74, 6) is 0.523. The van der Waals surface area contributed by atoms with Gasteiger partial charge in [-0.3, -0.25) is 4.79 Å². The molecular weight excluding hydrogens is 216 g/mol. The van der Waals surface area contributed by atoms with Gasteiger partial charge >= 0.3 is 0 Å². The molecule has 0 bridgehead atoms. The maximum absolute atomic E-state index is 11.7. The van der Waals surface area contributed by atoms with Crippen LogP contribution in [0.15, 0.2) is 0 Å². The van der Waals surface area contributed by atoms with Gasteiger partial charge in [0.05, 0.1) is 5.54 Å². The van der Waals surface area contributed by atoms with Gasteiger partial charge in [-0.1, -0.05) is 13.8 Å². The number of nitrogens with two attached hydrogens (primary N) is 1. The molecule has 1 aliphatic rings. The third kappa shape index (κ3) is 4.28. The zero-order valence-electron chi connectivity index (χ0n) is 11.5. The van der Waals surface area contributed by atoms with Gasteiger partial charge in [-0.25, -0.2) is 0 Å². The van der Waals surface area contributed by atoms with E-state index < -0.39 is 5.54 Å². The van der Waals surface area contributed by atoms with Gasteiger partial charge in [-0.15, -0.1) is 0 Å². The molecule has 3 N–H and O–H groups in total. The van der Waals surface area contributed by atoms with Crippen LogP contribution in [0.4, 0.5) is 0 Å². The lowest BCUT2D eigenvalue weighted by atomic mass is 9.74. The minimum absolute atomic E-state index is 0.0855. The van der Waals surface area contributed by atoms with Gasteiger partial charge in [0.1, 0.15) is 0 Å². The highest BCUT2D eigenvalue weighted by Gasteiger charge is 2.32. The van der Waals surface area contributed by atoms with Gasteiger partial charge in [-0.05, 0) is 38.0 Å². The van der Waals surface area contributed by atoms with Crippen molar-refractivity contribution in [1.29, 1.82) is 0 Å². The van der Waals surface area contributed by atoms with Crippen molar-refractivity contribution in [2.45, 2.75) is 46.1 Å². The predicted molar refractivity (Wildman–Crippen MR) is 68.6 cm³/mol. The molecule has 1 amide bonds. The van der Waals surface area contributed by atoms with E-state index in [1.807, 2.05) is 0 Å². The summed E-state index contributed by atoms with van der Waals surface area (Å²) >= 11 is 0. The second kappa shape index (κ2) is 5.36. The molecule has 1 fully saturated rings. The standard InChI is InChI=1S/C13H26N2O2/c1-12(2,10-5-7-17-8-6-10)9-15-11(16)13(3,4)14/h10H,5-9,14H2,1-4H3,(H,15,16). The quantitative estimate of drug-likeness (QED) is 0.781. The van der Waals surface area contributed by atoms with Crippen LogP contribution in [-0.2, 0) is 9.53 Å². The van der Waals surface area contributed by atoms with Crippen molar-refractivity contribution >= 4 is 5.91 Å². The smallest absolute Gasteiger partial charge is 0.239 e. The second-order valence-corrected chi connectivity index (χ2v) is 6.28. The Morgan fingerprint density at radius 2 is 1.82 bits per heavy atom. The second-order valence-electron chi connectivity index (χ2n) is 6.28.